The summed E-state index contributed by atoms with van der Waals surface area (Å²) in [5, 5.41) is 10.4. The van der Waals surface area contributed by atoms with Crippen LogP contribution >= 0.6 is 21.7 Å². The highest BCUT2D eigenvalue weighted by atomic mass is 35.7. The predicted octanol–water partition coefficient (Wildman–Crippen LogP) is 3.15. The molecule has 0 bridgehead atoms. The molecule has 0 saturated heterocycles. The van der Waals surface area contributed by atoms with Crippen LogP contribution < -0.4 is 0 Å². The third-order valence-electron chi connectivity index (χ3n) is 1.47. The Morgan fingerprint density at radius 2 is 2.25 bits per heavy atom. The van der Waals surface area contributed by atoms with E-state index in [9.17, 15) is 10.1 Å². The number of nitro groups is 1. The monoisotopic (exact) mass is 203 g/mol. The maximum absolute atomic E-state index is 10.4. The van der Waals surface area contributed by atoms with E-state index in [4.69, 9.17) is 10.7 Å². The second-order valence-corrected chi connectivity index (χ2v) is 3.37. The van der Waals surface area contributed by atoms with Crippen LogP contribution in [0, 0.1) is 17.0 Å². The molecule has 5 heteroatoms. The number of hydrogen-bond donors (Lipinski definition) is 0. The van der Waals surface area contributed by atoms with Crippen molar-refractivity contribution in [3.63, 3.8) is 0 Å². The minimum absolute atomic E-state index is 0.112. The normalized spacial score (nSPS) is 9.83. The number of rotatable bonds is 2. The van der Waals surface area contributed by atoms with Gasteiger partial charge in [-0.1, -0.05) is 6.07 Å². The summed E-state index contributed by atoms with van der Waals surface area (Å²) in [7, 11) is 6.43. The van der Waals surface area contributed by atoms with E-state index in [1.165, 1.54) is 6.07 Å². The molecule has 3 nitrogen and oxygen atoms in total. The smallest absolute Gasteiger partial charge is 0.258 e. The van der Waals surface area contributed by atoms with Crippen LogP contribution in [0.4, 0.5) is 5.69 Å². The Morgan fingerprint density at radius 3 is 2.75 bits per heavy atom. The highest BCUT2D eigenvalue weighted by molar-refractivity contribution is 8.21. The van der Waals surface area contributed by atoms with Gasteiger partial charge in [-0.05, 0) is 34.6 Å². The summed E-state index contributed by atoms with van der Waals surface area (Å²) < 4.78 is 0. The van der Waals surface area contributed by atoms with Gasteiger partial charge in [0.05, 0.1) is 4.92 Å². The Kier molecular flexibility index (Phi) is 2.94. The summed E-state index contributed by atoms with van der Waals surface area (Å²) in [4.78, 5) is 10.7. The molecule has 1 aromatic carbocycles. The molecular weight excluding hydrogens is 198 g/mol. The molecule has 0 aliphatic heterocycles. The molecule has 0 amide bonds. The first kappa shape index (κ1) is 9.35. The molecule has 0 aliphatic rings. The minimum atomic E-state index is -0.411. The summed E-state index contributed by atoms with van der Waals surface area (Å²) in [6.45, 7) is 1.70. The van der Waals surface area contributed by atoms with Crippen molar-refractivity contribution >= 4 is 27.3 Å². The van der Waals surface area contributed by atoms with Gasteiger partial charge in [-0.15, -0.1) is 0 Å². The largest absolute Gasteiger partial charge is 0.273 e. The third kappa shape index (κ3) is 1.89. The lowest BCUT2D eigenvalue weighted by atomic mass is 10.2. The number of hydrogen-bond acceptors (Lipinski definition) is 3. The van der Waals surface area contributed by atoms with Gasteiger partial charge in [0.1, 0.15) is 0 Å². The van der Waals surface area contributed by atoms with E-state index in [0.29, 0.717) is 10.5 Å². The van der Waals surface area contributed by atoms with Crippen molar-refractivity contribution in [2.75, 3.05) is 0 Å². The molecule has 0 unspecified atom stereocenters. The Hall–Kier alpha value is -0.740. The van der Waals surface area contributed by atoms with Gasteiger partial charge >= 0.3 is 0 Å². The quantitative estimate of drug-likeness (QED) is 0.548. The first-order chi connectivity index (χ1) is 5.65. The summed E-state index contributed by atoms with van der Waals surface area (Å²) in [6, 6.07) is 4.90. The molecule has 0 aliphatic carbocycles. The van der Waals surface area contributed by atoms with Gasteiger partial charge in [-0.25, -0.2) is 0 Å². The second kappa shape index (κ2) is 3.78. The number of nitrogens with zero attached hydrogens (tertiary/aromatic N) is 1. The van der Waals surface area contributed by atoms with Gasteiger partial charge in [-0.3, -0.25) is 10.1 Å². The molecule has 12 heavy (non-hydrogen) atoms. The Labute approximate surface area is 78.4 Å². The average molecular weight is 204 g/mol. The molecule has 0 spiro atoms. The predicted molar refractivity (Wildman–Crippen MR) is 49.5 cm³/mol. The maximum Gasteiger partial charge on any atom is 0.273 e. The van der Waals surface area contributed by atoms with Crippen LogP contribution in [0.3, 0.4) is 0 Å². The van der Waals surface area contributed by atoms with E-state index in [-0.39, 0.29) is 5.69 Å². The molecule has 64 valence electrons. The fraction of sp³-hybridized carbons (Fsp3) is 0.143. The van der Waals surface area contributed by atoms with Gasteiger partial charge in [-0.2, -0.15) is 0 Å². The van der Waals surface area contributed by atoms with Crippen molar-refractivity contribution in [1.29, 1.82) is 0 Å². The Morgan fingerprint density at radius 1 is 1.58 bits per heavy atom. The zero-order valence-corrected chi connectivity index (χ0v) is 7.85. The molecule has 0 atom stereocenters. The molecular formula is C7H6ClNO2S. The van der Waals surface area contributed by atoms with Gasteiger partial charge < -0.3 is 0 Å². The standard InChI is InChI=1S/C7H6ClNO2S/c1-5-2-3-6(12-8)4-7(5)9(10)11/h2-4H,1H3. The van der Waals surface area contributed by atoms with Gasteiger partial charge in [0, 0.05) is 16.5 Å². The van der Waals surface area contributed by atoms with Crippen LogP contribution in [0.25, 0.3) is 0 Å². The van der Waals surface area contributed by atoms with Crippen molar-refractivity contribution in [2.24, 2.45) is 0 Å². The van der Waals surface area contributed by atoms with Crippen molar-refractivity contribution < 1.29 is 4.92 Å². The van der Waals surface area contributed by atoms with E-state index in [2.05, 4.69) is 0 Å². The van der Waals surface area contributed by atoms with Crippen LogP contribution in [0.2, 0.25) is 0 Å². The Bertz CT molecular complexity index is 316. The summed E-state index contributed by atoms with van der Waals surface area (Å²) >= 11 is 0. The number of halogens is 1. The van der Waals surface area contributed by atoms with E-state index in [1.807, 2.05) is 0 Å². The van der Waals surface area contributed by atoms with Gasteiger partial charge in [0.2, 0.25) is 0 Å². The van der Waals surface area contributed by atoms with Crippen LogP contribution in [0.5, 0.6) is 0 Å². The van der Waals surface area contributed by atoms with E-state index in [0.717, 1.165) is 11.0 Å². The molecule has 1 rings (SSSR count). The first-order valence-electron chi connectivity index (χ1n) is 3.19. The van der Waals surface area contributed by atoms with E-state index in [1.54, 1.807) is 19.1 Å². The number of aryl methyl sites for hydroxylation is 1. The van der Waals surface area contributed by atoms with Crippen molar-refractivity contribution in [3.05, 3.63) is 33.9 Å². The minimum Gasteiger partial charge on any atom is -0.258 e. The summed E-state index contributed by atoms with van der Waals surface area (Å²) in [5.41, 5.74) is 0.759. The molecule has 0 radical (unpaired) electrons. The van der Waals surface area contributed by atoms with Crippen LogP contribution in [0.1, 0.15) is 5.56 Å². The Balaban J connectivity index is 3.17. The fourth-order valence-corrected chi connectivity index (χ4v) is 1.40. The molecule has 1 aromatic rings. The third-order valence-corrected chi connectivity index (χ3v) is 2.43. The molecule has 0 aromatic heterocycles. The zero-order chi connectivity index (χ0) is 9.14. The summed E-state index contributed by atoms with van der Waals surface area (Å²) in [5.74, 6) is 0. The fourth-order valence-electron chi connectivity index (χ4n) is 0.834. The molecule has 0 heterocycles. The van der Waals surface area contributed by atoms with Gasteiger partial charge in [0.15, 0.2) is 0 Å². The van der Waals surface area contributed by atoms with Crippen LogP contribution in [-0.4, -0.2) is 4.92 Å². The summed E-state index contributed by atoms with van der Waals surface area (Å²) in [6.07, 6.45) is 0. The van der Waals surface area contributed by atoms with E-state index < -0.39 is 4.92 Å². The van der Waals surface area contributed by atoms with Crippen LogP contribution in [0.15, 0.2) is 23.1 Å². The zero-order valence-electron chi connectivity index (χ0n) is 6.28. The van der Waals surface area contributed by atoms with E-state index >= 15 is 0 Å². The highest BCUT2D eigenvalue weighted by Gasteiger charge is 2.10. The highest BCUT2D eigenvalue weighted by Crippen LogP contribution is 2.27. The lowest BCUT2D eigenvalue weighted by Gasteiger charge is -1.97. The molecule has 0 saturated carbocycles. The first-order valence-corrected chi connectivity index (χ1v) is 4.83. The molecule has 0 fully saturated rings. The maximum atomic E-state index is 10.4. The van der Waals surface area contributed by atoms with Crippen molar-refractivity contribution in [2.45, 2.75) is 11.8 Å². The lowest BCUT2D eigenvalue weighted by Crippen LogP contribution is -1.90. The molecule has 0 N–H and O–H groups in total. The van der Waals surface area contributed by atoms with Crippen LogP contribution in [-0.2, 0) is 0 Å². The lowest BCUT2D eigenvalue weighted by molar-refractivity contribution is -0.385. The van der Waals surface area contributed by atoms with Crippen molar-refractivity contribution in [3.8, 4) is 0 Å². The second-order valence-electron chi connectivity index (χ2n) is 2.28. The number of nitro benzene ring substituents is 1. The SMILES string of the molecule is Cc1ccc(SCl)cc1[N+](=O)[O-]. The topological polar surface area (TPSA) is 43.1 Å². The van der Waals surface area contributed by atoms with Gasteiger partial charge in [0.25, 0.3) is 5.69 Å². The average Bonchev–Trinajstić information content (AvgIpc) is 2.05. The number of benzene rings is 1. The van der Waals surface area contributed by atoms with Crippen molar-refractivity contribution in [1.82, 2.24) is 0 Å².